The number of hydrogen-bond acceptors (Lipinski definition) is 5. The van der Waals surface area contributed by atoms with Crippen LogP contribution >= 0.6 is 0 Å². The van der Waals surface area contributed by atoms with E-state index in [0.717, 1.165) is 11.8 Å². The number of nitrogens with zero attached hydrogens (tertiary/aromatic N) is 1. The minimum atomic E-state index is -3.61. The molecule has 9 heteroatoms. The van der Waals surface area contributed by atoms with Crippen LogP contribution in [0.2, 0.25) is 0 Å². The van der Waals surface area contributed by atoms with Crippen molar-refractivity contribution in [3.63, 3.8) is 0 Å². The van der Waals surface area contributed by atoms with Crippen molar-refractivity contribution in [1.82, 2.24) is 9.03 Å². The highest BCUT2D eigenvalue weighted by Crippen LogP contribution is 2.25. The molecule has 1 atom stereocenters. The Morgan fingerprint density at radius 3 is 2.56 bits per heavy atom. The van der Waals surface area contributed by atoms with E-state index < -0.39 is 20.0 Å². The zero-order chi connectivity index (χ0) is 18.5. The molecule has 0 bridgehead atoms. The second kappa shape index (κ2) is 8.31. The topological polar surface area (TPSA) is 92.8 Å². The zero-order valence-corrected chi connectivity index (χ0v) is 15.9. The number of benzene rings is 1. The lowest BCUT2D eigenvalue weighted by molar-refractivity contribution is 0.267. The van der Waals surface area contributed by atoms with E-state index in [1.807, 2.05) is 6.92 Å². The van der Waals surface area contributed by atoms with Gasteiger partial charge in [-0.05, 0) is 49.9 Å². The average Bonchev–Trinajstić information content (AvgIpc) is 2.61. The van der Waals surface area contributed by atoms with E-state index >= 15 is 0 Å². The Morgan fingerprint density at radius 2 is 1.96 bits per heavy atom. The van der Waals surface area contributed by atoms with Gasteiger partial charge in [-0.3, -0.25) is 0 Å². The molecule has 0 aromatic heterocycles. The van der Waals surface area contributed by atoms with Gasteiger partial charge in [-0.15, -0.1) is 0 Å². The van der Waals surface area contributed by atoms with Gasteiger partial charge in [0, 0.05) is 25.0 Å². The van der Waals surface area contributed by atoms with Crippen molar-refractivity contribution in [2.75, 3.05) is 26.2 Å². The smallest absolute Gasteiger partial charge is 0.243 e. The van der Waals surface area contributed by atoms with Crippen LogP contribution in [-0.2, 0) is 20.0 Å². The number of nitrogens with one attached hydrogen (secondary N) is 1. The molecule has 0 radical (unpaired) electrons. The predicted molar refractivity (Wildman–Crippen MR) is 96.2 cm³/mol. The Kier molecular flexibility index (Phi) is 6.61. The van der Waals surface area contributed by atoms with Crippen molar-refractivity contribution >= 4 is 20.0 Å². The lowest BCUT2D eigenvalue weighted by Gasteiger charge is -2.31. The standard InChI is InChI=1S/C16H24N2O5S2/c1-3-23-15-7-9-16(10-8-15)25(21,22)18-11-5-6-14(13-18)12-17-24(19,20)4-2/h4,7-10,14,17H,2-3,5-6,11-13H2,1H3/t14-/m1/s1. The molecule has 7 nitrogen and oxygen atoms in total. The van der Waals surface area contributed by atoms with Gasteiger partial charge in [0.05, 0.1) is 11.5 Å². The molecule has 1 aliphatic heterocycles. The van der Waals surface area contributed by atoms with E-state index in [0.29, 0.717) is 25.3 Å². The molecule has 25 heavy (non-hydrogen) atoms. The van der Waals surface area contributed by atoms with E-state index in [9.17, 15) is 16.8 Å². The van der Waals surface area contributed by atoms with Crippen LogP contribution in [0.5, 0.6) is 5.75 Å². The maximum absolute atomic E-state index is 12.8. The fourth-order valence-corrected chi connectivity index (χ4v) is 4.87. The number of hydrogen-bond donors (Lipinski definition) is 1. The lowest BCUT2D eigenvalue weighted by atomic mass is 10.0. The summed E-state index contributed by atoms with van der Waals surface area (Å²) >= 11 is 0. The van der Waals surface area contributed by atoms with E-state index in [4.69, 9.17) is 4.74 Å². The first kappa shape index (κ1) is 19.9. The third-order valence-corrected chi connectivity index (χ3v) is 6.93. The second-order valence-electron chi connectivity index (χ2n) is 5.84. The highest BCUT2D eigenvalue weighted by Gasteiger charge is 2.30. The Hall–Kier alpha value is -1.42. The van der Waals surface area contributed by atoms with Crippen LogP contribution in [0.4, 0.5) is 0 Å². The average molecular weight is 389 g/mol. The highest BCUT2D eigenvalue weighted by atomic mass is 32.2. The van der Waals surface area contributed by atoms with Crippen molar-refractivity contribution in [3.05, 3.63) is 36.3 Å². The predicted octanol–water partition coefficient (Wildman–Crippen LogP) is 1.55. The van der Waals surface area contributed by atoms with E-state index in [-0.39, 0.29) is 23.9 Å². The Bertz CT molecular complexity index is 788. The van der Waals surface area contributed by atoms with E-state index in [2.05, 4.69) is 11.3 Å². The van der Waals surface area contributed by atoms with Crippen LogP contribution in [0, 0.1) is 5.92 Å². The van der Waals surface area contributed by atoms with Crippen LogP contribution < -0.4 is 9.46 Å². The summed E-state index contributed by atoms with van der Waals surface area (Å²) in [5.74, 6) is 0.553. The summed E-state index contributed by atoms with van der Waals surface area (Å²) < 4.78 is 57.7. The third-order valence-electron chi connectivity index (χ3n) is 4.05. The summed E-state index contributed by atoms with van der Waals surface area (Å²) in [4.78, 5) is 0.211. The van der Waals surface area contributed by atoms with Crippen LogP contribution in [0.25, 0.3) is 0 Å². The van der Waals surface area contributed by atoms with Gasteiger partial charge in [-0.2, -0.15) is 4.31 Å². The number of piperidine rings is 1. The van der Waals surface area contributed by atoms with Crippen LogP contribution in [0.1, 0.15) is 19.8 Å². The number of rotatable bonds is 8. The van der Waals surface area contributed by atoms with Crippen LogP contribution in [-0.4, -0.2) is 47.4 Å². The summed E-state index contributed by atoms with van der Waals surface area (Å²) in [6.07, 6.45) is 1.46. The van der Waals surface area contributed by atoms with Gasteiger partial charge in [0.2, 0.25) is 20.0 Å². The van der Waals surface area contributed by atoms with Crippen molar-refractivity contribution < 1.29 is 21.6 Å². The van der Waals surface area contributed by atoms with E-state index in [1.165, 1.54) is 16.4 Å². The third kappa shape index (κ3) is 5.27. The van der Waals surface area contributed by atoms with Gasteiger partial charge in [-0.1, -0.05) is 6.58 Å². The Labute approximate surface area is 149 Å². The molecule has 1 N–H and O–H groups in total. The fraction of sp³-hybridized carbons (Fsp3) is 0.500. The quantitative estimate of drug-likeness (QED) is 0.729. The first-order valence-electron chi connectivity index (χ1n) is 8.13. The molecule has 0 aliphatic carbocycles. The molecule has 0 amide bonds. The number of ether oxygens (including phenoxy) is 1. The SMILES string of the molecule is C=CS(=O)(=O)NC[C@H]1CCCN(S(=O)(=O)c2ccc(OCC)cc2)C1. The second-order valence-corrected chi connectivity index (χ2v) is 9.49. The van der Waals surface area contributed by atoms with Crippen molar-refractivity contribution in [3.8, 4) is 5.75 Å². The molecule has 1 aromatic carbocycles. The normalized spacial score (nSPS) is 19.5. The summed E-state index contributed by atoms with van der Waals surface area (Å²) in [5, 5.41) is 0.851. The molecule has 1 heterocycles. The Balaban J connectivity index is 2.07. The molecule has 140 valence electrons. The molecule has 0 unspecified atom stereocenters. The molecule has 1 aromatic rings. The molecule has 0 saturated carbocycles. The summed E-state index contributed by atoms with van der Waals surface area (Å²) in [5.41, 5.74) is 0. The van der Waals surface area contributed by atoms with E-state index in [1.54, 1.807) is 12.1 Å². The lowest BCUT2D eigenvalue weighted by Crippen LogP contribution is -2.43. The van der Waals surface area contributed by atoms with Crippen molar-refractivity contribution in [2.45, 2.75) is 24.7 Å². The maximum atomic E-state index is 12.8. The monoisotopic (exact) mass is 388 g/mol. The summed E-state index contributed by atoms with van der Waals surface area (Å²) in [7, 11) is -7.11. The molecule has 0 spiro atoms. The first-order valence-corrected chi connectivity index (χ1v) is 11.1. The summed E-state index contributed by atoms with van der Waals surface area (Å²) in [6, 6.07) is 6.33. The maximum Gasteiger partial charge on any atom is 0.243 e. The van der Waals surface area contributed by atoms with Gasteiger partial charge in [0.15, 0.2) is 0 Å². The summed E-state index contributed by atoms with van der Waals surface area (Å²) in [6.45, 7) is 6.53. The van der Waals surface area contributed by atoms with Crippen molar-refractivity contribution in [1.29, 1.82) is 0 Å². The zero-order valence-electron chi connectivity index (χ0n) is 14.2. The van der Waals surface area contributed by atoms with Gasteiger partial charge >= 0.3 is 0 Å². The highest BCUT2D eigenvalue weighted by molar-refractivity contribution is 7.92. The van der Waals surface area contributed by atoms with Crippen LogP contribution in [0.3, 0.4) is 0 Å². The van der Waals surface area contributed by atoms with Gasteiger partial charge in [-0.25, -0.2) is 21.6 Å². The molecule has 1 fully saturated rings. The van der Waals surface area contributed by atoms with Gasteiger partial charge in [0.25, 0.3) is 0 Å². The molecule has 1 saturated heterocycles. The van der Waals surface area contributed by atoms with Gasteiger partial charge in [0.1, 0.15) is 5.75 Å². The molecule has 1 aliphatic rings. The largest absolute Gasteiger partial charge is 0.494 e. The first-order chi connectivity index (χ1) is 11.8. The van der Waals surface area contributed by atoms with Gasteiger partial charge < -0.3 is 4.74 Å². The van der Waals surface area contributed by atoms with Crippen LogP contribution in [0.15, 0.2) is 41.1 Å². The number of sulfonamides is 2. The minimum absolute atomic E-state index is 0.0686. The molecular weight excluding hydrogens is 364 g/mol. The fourth-order valence-electron chi connectivity index (χ4n) is 2.73. The Morgan fingerprint density at radius 1 is 1.28 bits per heavy atom. The molecular formula is C16H24N2O5S2. The molecule has 2 rings (SSSR count). The van der Waals surface area contributed by atoms with Crippen molar-refractivity contribution in [2.24, 2.45) is 5.92 Å². The minimum Gasteiger partial charge on any atom is -0.494 e.